The molecule has 96 valence electrons. The minimum absolute atomic E-state index is 0.199. The summed E-state index contributed by atoms with van der Waals surface area (Å²) in [6, 6.07) is 1.73. The van der Waals surface area contributed by atoms with E-state index in [1.54, 1.807) is 19.9 Å². The Bertz CT molecular complexity index is 403. The molecule has 0 fully saturated rings. The number of aliphatic hydroxyl groups is 1. The van der Waals surface area contributed by atoms with Crippen LogP contribution >= 0.6 is 27.7 Å². The van der Waals surface area contributed by atoms with E-state index in [1.165, 1.54) is 11.8 Å². The van der Waals surface area contributed by atoms with Gasteiger partial charge in [-0.3, -0.25) is 4.79 Å². The van der Waals surface area contributed by atoms with E-state index in [9.17, 15) is 9.90 Å². The van der Waals surface area contributed by atoms with Crippen LogP contribution in [0.5, 0.6) is 0 Å². The Balaban J connectivity index is 2.59. The van der Waals surface area contributed by atoms with Crippen LogP contribution in [0.1, 0.15) is 23.0 Å². The van der Waals surface area contributed by atoms with Gasteiger partial charge in [0, 0.05) is 17.9 Å². The van der Waals surface area contributed by atoms with Crippen LogP contribution in [0.15, 0.2) is 15.2 Å². The van der Waals surface area contributed by atoms with Crippen molar-refractivity contribution in [1.29, 1.82) is 0 Å². The Labute approximate surface area is 113 Å². The van der Waals surface area contributed by atoms with E-state index in [0.29, 0.717) is 10.4 Å². The van der Waals surface area contributed by atoms with E-state index in [1.807, 2.05) is 6.26 Å². The fourth-order valence-electron chi connectivity index (χ4n) is 1.38. The summed E-state index contributed by atoms with van der Waals surface area (Å²) in [7, 11) is 0. The predicted molar refractivity (Wildman–Crippen MR) is 72.5 cm³/mol. The summed E-state index contributed by atoms with van der Waals surface area (Å²) in [6.07, 6.45) is 1.91. The number of thioether (sulfide) groups is 1. The molecule has 0 spiro atoms. The van der Waals surface area contributed by atoms with Gasteiger partial charge in [-0.05, 0) is 42.1 Å². The van der Waals surface area contributed by atoms with Crippen molar-refractivity contribution in [2.75, 3.05) is 18.6 Å². The minimum Gasteiger partial charge on any atom is -0.444 e. The van der Waals surface area contributed by atoms with E-state index in [2.05, 4.69) is 21.2 Å². The van der Waals surface area contributed by atoms with Gasteiger partial charge in [0.1, 0.15) is 0 Å². The molecule has 0 aliphatic heterocycles. The average molecular weight is 322 g/mol. The number of halogens is 1. The quantitative estimate of drug-likeness (QED) is 0.872. The lowest BCUT2D eigenvalue weighted by Crippen LogP contribution is -2.42. The zero-order valence-corrected chi connectivity index (χ0v) is 12.4. The van der Waals surface area contributed by atoms with Crippen LogP contribution < -0.4 is 5.32 Å². The first-order valence-corrected chi connectivity index (χ1v) is 7.30. The Morgan fingerprint density at radius 1 is 1.71 bits per heavy atom. The van der Waals surface area contributed by atoms with Gasteiger partial charge >= 0.3 is 0 Å². The van der Waals surface area contributed by atoms with Crippen molar-refractivity contribution in [3.05, 3.63) is 22.1 Å². The molecule has 0 aliphatic carbocycles. The number of hydrogen-bond donors (Lipinski definition) is 2. The third-order valence-corrected chi connectivity index (χ3v) is 3.48. The summed E-state index contributed by atoms with van der Waals surface area (Å²) < 4.78 is 5.74. The Morgan fingerprint density at radius 3 is 2.82 bits per heavy atom. The van der Waals surface area contributed by atoms with E-state index in [0.717, 1.165) is 5.56 Å². The molecule has 0 saturated heterocycles. The highest BCUT2D eigenvalue weighted by Gasteiger charge is 2.22. The van der Waals surface area contributed by atoms with Crippen molar-refractivity contribution in [3.63, 3.8) is 0 Å². The summed E-state index contributed by atoms with van der Waals surface area (Å²) in [5.41, 5.74) is -0.147. The van der Waals surface area contributed by atoms with Gasteiger partial charge in [0.2, 0.25) is 0 Å². The average Bonchev–Trinajstić information content (AvgIpc) is 2.54. The molecule has 1 rings (SSSR count). The van der Waals surface area contributed by atoms with Crippen molar-refractivity contribution in [2.24, 2.45) is 0 Å². The molecular formula is C11H16BrNO3S. The lowest BCUT2D eigenvalue weighted by Gasteiger charge is -2.22. The number of carbonyl (C=O) groups excluding carboxylic acids is 1. The second-order valence-electron chi connectivity index (χ2n) is 4.18. The standard InChI is InChI=1S/C11H16BrNO3S/c1-7-4-8(12)16-9(7)10(14)13-5-11(2,15)6-17-3/h4,15H,5-6H2,1-3H3,(H,13,14). The maximum Gasteiger partial charge on any atom is 0.287 e. The second kappa shape index (κ2) is 5.93. The zero-order valence-electron chi connectivity index (χ0n) is 10.0. The lowest BCUT2D eigenvalue weighted by atomic mass is 10.1. The summed E-state index contributed by atoms with van der Waals surface area (Å²) in [4.78, 5) is 11.8. The molecule has 1 amide bonds. The Hall–Kier alpha value is -0.460. The lowest BCUT2D eigenvalue weighted by molar-refractivity contribution is 0.0708. The van der Waals surface area contributed by atoms with E-state index in [4.69, 9.17) is 4.42 Å². The second-order valence-corrected chi connectivity index (χ2v) is 5.82. The van der Waals surface area contributed by atoms with Gasteiger partial charge in [0.25, 0.3) is 5.91 Å². The number of nitrogens with one attached hydrogen (secondary N) is 1. The number of amides is 1. The fourth-order valence-corrected chi connectivity index (χ4v) is 2.61. The first-order chi connectivity index (χ1) is 7.85. The molecule has 0 bridgehead atoms. The summed E-state index contributed by atoms with van der Waals surface area (Å²) in [5, 5.41) is 12.6. The molecule has 17 heavy (non-hydrogen) atoms. The summed E-state index contributed by atoms with van der Waals surface area (Å²) >= 11 is 4.70. The van der Waals surface area contributed by atoms with Gasteiger partial charge < -0.3 is 14.8 Å². The van der Waals surface area contributed by atoms with E-state index < -0.39 is 5.60 Å². The molecule has 0 radical (unpaired) electrons. The predicted octanol–water partition coefficient (Wildman–Crippen LogP) is 2.19. The van der Waals surface area contributed by atoms with Crippen molar-refractivity contribution < 1.29 is 14.3 Å². The number of hydrogen-bond acceptors (Lipinski definition) is 4. The van der Waals surface area contributed by atoms with Gasteiger partial charge in [-0.15, -0.1) is 0 Å². The van der Waals surface area contributed by atoms with Crippen LogP contribution in [-0.4, -0.2) is 35.2 Å². The number of carbonyl (C=O) groups is 1. The fraction of sp³-hybridized carbons (Fsp3) is 0.545. The summed E-state index contributed by atoms with van der Waals surface area (Å²) in [5.74, 6) is 0.528. The number of furan rings is 1. The first-order valence-electron chi connectivity index (χ1n) is 5.11. The van der Waals surface area contributed by atoms with Crippen LogP contribution in [0.4, 0.5) is 0 Å². The molecule has 6 heteroatoms. The maximum absolute atomic E-state index is 11.8. The SMILES string of the molecule is CSCC(C)(O)CNC(=O)c1oc(Br)cc1C. The van der Waals surface area contributed by atoms with Crippen LogP contribution in [0.3, 0.4) is 0 Å². The van der Waals surface area contributed by atoms with Crippen LogP contribution in [-0.2, 0) is 0 Å². The summed E-state index contributed by atoms with van der Waals surface area (Å²) in [6.45, 7) is 3.68. The largest absolute Gasteiger partial charge is 0.444 e. The van der Waals surface area contributed by atoms with Gasteiger partial charge in [-0.25, -0.2) is 0 Å². The number of rotatable bonds is 5. The van der Waals surface area contributed by atoms with Gasteiger partial charge in [0.15, 0.2) is 10.4 Å². The molecule has 1 atom stereocenters. The van der Waals surface area contributed by atoms with Crippen molar-refractivity contribution >= 4 is 33.6 Å². The van der Waals surface area contributed by atoms with E-state index in [-0.39, 0.29) is 18.2 Å². The van der Waals surface area contributed by atoms with Gasteiger partial charge in [0.05, 0.1) is 5.60 Å². The zero-order chi connectivity index (χ0) is 13.1. The molecule has 1 aromatic heterocycles. The highest BCUT2D eigenvalue weighted by molar-refractivity contribution is 9.10. The highest BCUT2D eigenvalue weighted by Crippen LogP contribution is 2.19. The van der Waals surface area contributed by atoms with Crippen LogP contribution in [0, 0.1) is 6.92 Å². The third kappa shape index (κ3) is 4.37. The Morgan fingerprint density at radius 2 is 2.35 bits per heavy atom. The molecule has 0 aliphatic rings. The molecule has 2 N–H and O–H groups in total. The maximum atomic E-state index is 11.8. The van der Waals surface area contributed by atoms with Crippen LogP contribution in [0.25, 0.3) is 0 Å². The van der Waals surface area contributed by atoms with Crippen molar-refractivity contribution in [2.45, 2.75) is 19.4 Å². The van der Waals surface area contributed by atoms with Crippen molar-refractivity contribution in [3.8, 4) is 0 Å². The first kappa shape index (κ1) is 14.6. The molecule has 0 saturated carbocycles. The monoisotopic (exact) mass is 321 g/mol. The Kier molecular flexibility index (Phi) is 5.09. The molecule has 0 aromatic carbocycles. The molecular weight excluding hydrogens is 306 g/mol. The van der Waals surface area contributed by atoms with Gasteiger partial charge in [-0.2, -0.15) is 11.8 Å². The van der Waals surface area contributed by atoms with E-state index >= 15 is 0 Å². The third-order valence-electron chi connectivity index (χ3n) is 2.18. The normalized spacial score (nSPS) is 14.4. The van der Waals surface area contributed by atoms with Gasteiger partial charge in [-0.1, -0.05) is 0 Å². The van der Waals surface area contributed by atoms with Crippen molar-refractivity contribution in [1.82, 2.24) is 5.32 Å². The smallest absolute Gasteiger partial charge is 0.287 e. The molecule has 1 unspecified atom stereocenters. The molecule has 1 heterocycles. The topological polar surface area (TPSA) is 62.5 Å². The molecule has 1 aromatic rings. The molecule has 4 nitrogen and oxygen atoms in total. The highest BCUT2D eigenvalue weighted by atomic mass is 79.9. The number of aryl methyl sites for hydroxylation is 1. The minimum atomic E-state index is -0.910. The van der Waals surface area contributed by atoms with Crippen LogP contribution in [0.2, 0.25) is 0 Å².